The largest absolute Gasteiger partial charge is 0.369 e. The molecular weight excluding hydrogens is 218 g/mol. The molecule has 0 bridgehead atoms. The number of amides is 1. The van der Waals surface area contributed by atoms with Gasteiger partial charge >= 0.3 is 0 Å². The second-order valence-corrected chi connectivity index (χ2v) is 3.31. The Morgan fingerprint density at radius 1 is 1.35 bits per heavy atom. The van der Waals surface area contributed by atoms with E-state index in [0.29, 0.717) is 5.69 Å². The standard InChI is InChI=1S/C11H15N5O/c1-2-8-3-5-9(6-4-8)15-10(17)7-14-16-11(12)13/h3-7H,2H2,1H3,(H,15,17)(H4,12,13,16)/b14-7+. The van der Waals surface area contributed by atoms with E-state index in [1.165, 1.54) is 5.56 Å². The first-order valence-corrected chi connectivity index (χ1v) is 5.13. The van der Waals surface area contributed by atoms with E-state index in [-0.39, 0.29) is 11.9 Å². The number of carbonyl (C=O) groups is 1. The molecule has 5 N–H and O–H groups in total. The fourth-order valence-electron chi connectivity index (χ4n) is 1.15. The van der Waals surface area contributed by atoms with E-state index in [4.69, 9.17) is 11.5 Å². The van der Waals surface area contributed by atoms with Crippen molar-refractivity contribution < 1.29 is 4.79 Å². The Morgan fingerprint density at radius 2 is 2.00 bits per heavy atom. The topological polar surface area (TPSA) is 106 Å². The van der Waals surface area contributed by atoms with Crippen LogP contribution in [0.1, 0.15) is 12.5 Å². The highest BCUT2D eigenvalue weighted by molar-refractivity contribution is 6.31. The summed E-state index contributed by atoms with van der Waals surface area (Å²) in [6, 6.07) is 7.54. The maximum atomic E-state index is 11.3. The maximum absolute atomic E-state index is 11.3. The molecular formula is C11H15N5O. The summed E-state index contributed by atoms with van der Waals surface area (Å²) in [6.07, 6.45) is 1.97. The zero-order valence-corrected chi connectivity index (χ0v) is 9.55. The Morgan fingerprint density at radius 3 is 2.53 bits per heavy atom. The van der Waals surface area contributed by atoms with E-state index >= 15 is 0 Å². The lowest BCUT2D eigenvalue weighted by Gasteiger charge is -2.02. The van der Waals surface area contributed by atoms with E-state index in [0.717, 1.165) is 12.6 Å². The van der Waals surface area contributed by atoms with Gasteiger partial charge in [-0.05, 0) is 24.1 Å². The molecule has 1 aromatic rings. The molecule has 1 aromatic carbocycles. The monoisotopic (exact) mass is 233 g/mol. The van der Waals surface area contributed by atoms with Gasteiger partial charge in [0.05, 0.1) is 0 Å². The van der Waals surface area contributed by atoms with Gasteiger partial charge < -0.3 is 16.8 Å². The smallest absolute Gasteiger partial charge is 0.268 e. The predicted octanol–water partition coefficient (Wildman–Crippen LogP) is 0.447. The van der Waals surface area contributed by atoms with Crippen molar-refractivity contribution in [1.29, 1.82) is 0 Å². The van der Waals surface area contributed by atoms with Crippen LogP contribution in [0.25, 0.3) is 0 Å². The van der Waals surface area contributed by atoms with E-state index in [1.54, 1.807) is 0 Å². The molecule has 0 fully saturated rings. The summed E-state index contributed by atoms with van der Waals surface area (Å²) in [5.74, 6) is -0.583. The van der Waals surface area contributed by atoms with Crippen molar-refractivity contribution in [2.24, 2.45) is 21.7 Å². The van der Waals surface area contributed by atoms with Crippen LogP contribution >= 0.6 is 0 Å². The molecule has 17 heavy (non-hydrogen) atoms. The number of nitrogens with zero attached hydrogens (tertiary/aromatic N) is 2. The quantitative estimate of drug-likeness (QED) is 0.399. The molecule has 0 atom stereocenters. The van der Waals surface area contributed by atoms with E-state index in [2.05, 4.69) is 22.4 Å². The summed E-state index contributed by atoms with van der Waals surface area (Å²) < 4.78 is 0. The van der Waals surface area contributed by atoms with Crippen LogP contribution in [-0.2, 0) is 11.2 Å². The highest BCUT2D eigenvalue weighted by Gasteiger charge is 1.98. The van der Waals surface area contributed by atoms with Gasteiger partial charge in [-0.25, -0.2) is 0 Å². The Balaban J connectivity index is 2.56. The third-order valence-corrected chi connectivity index (χ3v) is 1.98. The predicted molar refractivity (Wildman–Crippen MR) is 68.8 cm³/mol. The first-order valence-electron chi connectivity index (χ1n) is 5.13. The minimum Gasteiger partial charge on any atom is -0.369 e. The van der Waals surface area contributed by atoms with Crippen LogP contribution in [0, 0.1) is 0 Å². The molecule has 1 amide bonds. The first kappa shape index (κ1) is 12.7. The average Bonchev–Trinajstić information content (AvgIpc) is 2.29. The lowest BCUT2D eigenvalue weighted by molar-refractivity contribution is -0.110. The number of hydrogen-bond donors (Lipinski definition) is 3. The van der Waals surface area contributed by atoms with Crippen LogP contribution in [0.5, 0.6) is 0 Å². The average molecular weight is 233 g/mol. The second kappa shape index (κ2) is 6.26. The van der Waals surface area contributed by atoms with E-state index in [9.17, 15) is 4.79 Å². The van der Waals surface area contributed by atoms with Crippen LogP contribution in [0.2, 0.25) is 0 Å². The molecule has 0 aliphatic carbocycles. The minimum atomic E-state index is -0.390. The van der Waals surface area contributed by atoms with Crippen molar-refractivity contribution in [1.82, 2.24) is 0 Å². The van der Waals surface area contributed by atoms with Crippen LogP contribution in [0.4, 0.5) is 5.69 Å². The number of rotatable bonds is 4. The minimum absolute atomic E-state index is 0.193. The van der Waals surface area contributed by atoms with Crippen molar-refractivity contribution >= 4 is 23.8 Å². The van der Waals surface area contributed by atoms with Crippen LogP contribution < -0.4 is 16.8 Å². The summed E-state index contributed by atoms with van der Waals surface area (Å²) >= 11 is 0. The Kier molecular flexibility index (Phi) is 4.68. The Labute approximate surface area is 99.4 Å². The molecule has 6 nitrogen and oxygen atoms in total. The highest BCUT2D eigenvalue weighted by atomic mass is 16.1. The summed E-state index contributed by atoms with van der Waals surface area (Å²) in [7, 11) is 0. The van der Waals surface area contributed by atoms with E-state index < -0.39 is 0 Å². The fraction of sp³-hybridized carbons (Fsp3) is 0.182. The van der Waals surface area contributed by atoms with E-state index in [1.807, 2.05) is 24.3 Å². The lowest BCUT2D eigenvalue weighted by atomic mass is 10.1. The Hall–Kier alpha value is -2.37. The van der Waals surface area contributed by atoms with Crippen LogP contribution in [0.15, 0.2) is 34.5 Å². The van der Waals surface area contributed by atoms with Crippen LogP contribution in [-0.4, -0.2) is 18.1 Å². The van der Waals surface area contributed by atoms with Gasteiger partial charge in [0, 0.05) is 5.69 Å². The molecule has 0 saturated heterocycles. The normalized spacial score (nSPS) is 10.2. The molecule has 90 valence electrons. The molecule has 1 rings (SSSR count). The summed E-state index contributed by atoms with van der Waals surface area (Å²) in [6.45, 7) is 2.06. The molecule has 6 heteroatoms. The Bertz CT molecular complexity index is 432. The number of nitrogens with one attached hydrogen (secondary N) is 1. The lowest BCUT2D eigenvalue weighted by Crippen LogP contribution is -2.22. The molecule has 0 heterocycles. The van der Waals surface area contributed by atoms with Gasteiger partial charge in [-0.3, -0.25) is 4.79 Å². The third-order valence-electron chi connectivity index (χ3n) is 1.98. The fourth-order valence-corrected chi connectivity index (χ4v) is 1.15. The SMILES string of the molecule is CCc1ccc(NC(=O)/C=N/N=C(N)N)cc1. The second-order valence-electron chi connectivity index (χ2n) is 3.31. The van der Waals surface area contributed by atoms with Crippen molar-refractivity contribution in [3.05, 3.63) is 29.8 Å². The summed E-state index contributed by atoms with van der Waals surface area (Å²) in [5, 5.41) is 9.34. The van der Waals surface area contributed by atoms with Gasteiger partial charge in [-0.15, -0.1) is 10.2 Å². The zero-order valence-electron chi connectivity index (χ0n) is 9.55. The molecule has 0 unspecified atom stereocenters. The van der Waals surface area contributed by atoms with Crippen LogP contribution in [0.3, 0.4) is 0 Å². The number of aryl methyl sites for hydroxylation is 1. The molecule has 0 aliphatic rings. The van der Waals surface area contributed by atoms with Gasteiger partial charge in [0.25, 0.3) is 5.91 Å². The van der Waals surface area contributed by atoms with Crippen molar-refractivity contribution in [2.45, 2.75) is 13.3 Å². The molecule has 0 spiro atoms. The number of nitrogens with two attached hydrogens (primary N) is 2. The maximum Gasteiger partial charge on any atom is 0.268 e. The summed E-state index contributed by atoms with van der Waals surface area (Å²) in [4.78, 5) is 11.3. The number of benzene rings is 1. The molecule has 0 aromatic heterocycles. The van der Waals surface area contributed by atoms with Crippen molar-refractivity contribution in [3.63, 3.8) is 0 Å². The third kappa shape index (κ3) is 4.78. The number of carbonyl (C=O) groups excluding carboxylic acids is 1. The number of hydrogen-bond acceptors (Lipinski definition) is 3. The van der Waals surface area contributed by atoms with Crippen molar-refractivity contribution in [2.75, 3.05) is 5.32 Å². The van der Waals surface area contributed by atoms with Gasteiger partial charge in [-0.1, -0.05) is 19.1 Å². The number of guanidine groups is 1. The molecule has 0 aliphatic heterocycles. The number of anilines is 1. The molecule has 0 saturated carbocycles. The first-order chi connectivity index (χ1) is 8.11. The van der Waals surface area contributed by atoms with Gasteiger partial charge in [0.1, 0.15) is 6.21 Å². The van der Waals surface area contributed by atoms with Crippen molar-refractivity contribution in [3.8, 4) is 0 Å². The highest BCUT2D eigenvalue weighted by Crippen LogP contribution is 2.09. The van der Waals surface area contributed by atoms with Gasteiger partial charge in [0.15, 0.2) is 0 Å². The summed E-state index contributed by atoms with van der Waals surface area (Å²) in [5.41, 5.74) is 12.0. The molecule has 0 radical (unpaired) electrons. The zero-order chi connectivity index (χ0) is 12.7. The van der Waals surface area contributed by atoms with Gasteiger partial charge in [0.2, 0.25) is 5.96 Å². The van der Waals surface area contributed by atoms with Gasteiger partial charge in [-0.2, -0.15) is 0 Å².